The topological polar surface area (TPSA) is 449 Å². The number of carbonyl (C=O) groups is 9. The summed E-state index contributed by atoms with van der Waals surface area (Å²) in [5, 5.41) is 52.5. The number of carboxylic acid groups (broad SMARTS) is 2. The Morgan fingerprint density at radius 2 is 1.15 bits per heavy atom. The highest BCUT2D eigenvalue weighted by Crippen LogP contribution is 2.12. The average molecular weight is 881 g/mol. The number of unbranched alkanes of at least 4 members (excludes halogenated alkanes) is 1. The highest BCUT2D eigenvalue weighted by atomic mass is 16.4. The van der Waals surface area contributed by atoms with Gasteiger partial charge in [-0.05, 0) is 68.7 Å². The molecule has 0 heterocycles. The molecule has 1 aromatic carbocycles. The summed E-state index contributed by atoms with van der Waals surface area (Å²) in [5.41, 5.74) is 27.9. The number of benzene rings is 1. The predicted octanol–water partition coefficient (Wildman–Crippen LogP) is -5.56. The highest BCUT2D eigenvalue weighted by Gasteiger charge is 2.35. The Morgan fingerprint density at radius 1 is 0.645 bits per heavy atom. The number of guanidine groups is 1. The number of carbonyl (C=O) groups excluding carboxylic acids is 7. The number of aromatic hydroxyl groups is 1. The number of phenolic OH excluding ortho intramolecular Hbond substituents is 1. The first-order chi connectivity index (χ1) is 29.1. The Morgan fingerprint density at radius 3 is 1.66 bits per heavy atom. The number of amides is 7. The van der Waals surface area contributed by atoms with Crippen molar-refractivity contribution >= 4 is 59.2 Å². The van der Waals surface area contributed by atoms with Crippen molar-refractivity contribution in [3.63, 3.8) is 0 Å². The summed E-state index contributed by atoms with van der Waals surface area (Å²) in [5.74, 6) is -11.3. The van der Waals surface area contributed by atoms with Crippen molar-refractivity contribution in [2.24, 2.45) is 39.6 Å². The molecule has 20 N–H and O–H groups in total. The van der Waals surface area contributed by atoms with E-state index in [4.69, 9.17) is 28.7 Å². The maximum atomic E-state index is 13.6. The maximum Gasteiger partial charge on any atom is 0.326 e. The summed E-state index contributed by atoms with van der Waals surface area (Å²) in [4.78, 5) is 119. The van der Waals surface area contributed by atoms with Crippen molar-refractivity contribution in [1.29, 1.82) is 0 Å². The van der Waals surface area contributed by atoms with Crippen LogP contribution in [-0.2, 0) is 49.6 Å². The van der Waals surface area contributed by atoms with E-state index in [1.165, 1.54) is 38.1 Å². The number of phenols is 1. The van der Waals surface area contributed by atoms with Gasteiger partial charge in [0, 0.05) is 6.54 Å². The lowest BCUT2D eigenvalue weighted by atomic mass is 10.0. The molecule has 0 bridgehead atoms. The molecule has 7 atom stereocenters. The Bertz CT molecular complexity index is 1740. The number of hydrogen-bond donors (Lipinski definition) is 15. The lowest BCUT2D eigenvalue weighted by molar-refractivity contribution is -0.143. The SMILES string of the molecule is CC(C)C(NC(=O)C(CO)NC(=O)C(CC(N)=O)NC(=O)C(N)Cc1ccc(O)cc1)C(=O)NC(CC(=O)O)C(=O)NC(CCCCN)C(=O)NC(CCCN=C(N)N)C(=O)O. The Kier molecular flexibility index (Phi) is 23.5. The van der Waals surface area contributed by atoms with Gasteiger partial charge in [0.15, 0.2) is 5.96 Å². The summed E-state index contributed by atoms with van der Waals surface area (Å²) in [6.07, 6.45) is -1.09. The molecule has 0 fully saturated rings. The molecule has 1 rings (SSSR count). The molecule has 0 aliphatic rings. The third-order valence-electron chi connectivity index (χ3n) is 8.98. The van der Waals surface area contributed by atoms with Crippen LogP contribution in [0.15, 0.2) is 29.3 Å². The van der Waals surface area contributed by atoms with Crippen molar-refractivity contribution in [2.45, 2.75) is 108 Å². The van der Waals surface area contributed by atoms with E-state index in [0.29, 0.717) is 12.0 Å². The second-order valence-corrected chi connectivity index (χ2v) is 14.5. The zero-order chi connectivity index (χ0) is 47.1. The minimum Gasteiger partial charge on any atom is -0.508 e. The molecular formula is C37H60N12O13. The summed E-state index contributed by atoms with van der Waals surface area (Å²) in [6.45, 7) is 2.17. The van der Waals surface area contributed by atoms with Gasteiger partial charge in [-0.3, -0.25) is 43.3 Å². The van der Waals surface area contributed by atoms with E-state index in [1.54, 1.807) is 0 Å². The van der Waals surface area contributed by atoms with Gasteiger partial charge < -0.3 is 81.0 Å². The van der Waals surface area contributed by atoms with Gasteiger partial charge in [0.2, 0.25) is 41.4 Å². The molecule has 0 aliphatic carbocycles. The number of carboxylic acids is 2. The standard InChI is InChI=1S/C37H60N12O13/c1-18(2)29(49-34(59)26(17-50)48-32(57)24(15-27(40)52)46-30(55)21(39)14-19-8-10-20(51)11-9-19)35(60)47-25(16-28(53)54)33(58)44-22(6-3-4-12-38)31(56)45-23(36(61)62)7-5-13-43-37(41)42/h8-11,18,21-26,29,50-51H,3-7,12-17,38-39H2,1-2H3,(H2,40,52)(H,44,58)(H,45,56)(H,46,55)(H,47,60)(H,48,57)(H,49,59)(H,53,54)(H,61,62)(H4,41,42,43). The molecule has 0 spiro atoms. The Labute approximate surface area is 356 Å². The molecule has 0 aliphatic heterocycles. The van der Waals surface area contributed by atoms with Crippen LogP contribution in [0.5, 0.6) is 5.75 Å². The molecule has 0 radical (unpaired) electrons. The van der Waals surface area contributed by atoms with Crippen molar-refractivity contribution in [3.05, 3.63) is 29.8 Å². The number of nitrogens with two attached hydrogens (primary N) is 5. The van der Waals surface area contributed by atoms with E-state index in [2.05, 4.69) is 36.9 Å². The molecular weight excluding hydrogens is 820 g/mol. The van der Waals surface area contributed by atoms with Gasteiger partial charge in [0.1, 0.15) is 42.0 Å². The van der Waals surface area contributed by atoms with Gasteiger partial charge >= 0.3 is 11.9 Å². The second kappa shape index (κ2) is 27.3. The minimum absolute atomic E-state index is 0.0239. The van der Waals surface area contributed by atoms with Crippen LogP contribution in [-0.4, -0.2) is 142 Å². The first-order valence-electron chi connectivity index (χ1n) is 19.5. The van der Waals surface area contributed by atoms with Crippen molar-refractivity contribution in [2.75, 3.05) is 19.7 Å². The number of aliphatic hydroxyl groups excluding tert-OH is 1. The molecule has 346 valence electrons. The highest BCUT2D eigenvalue weighted by molar-refractivity contribution is 5.98. The first-order valence-corrected chi connectivity index (χ1v) is 19.5. The van der Waals surface area contributed by atoms with Crippen LogP contribution in [0.25, 0.3) is 0 Å². The first kappa shape index (κ1) is 53.4. The van der Waals surface area contributed by atoms with Crippen molar-refractivity contribution in [3.8, 4) is 5.75 Å². The molecule has 7 unspecified atom stereocenters. The van der Waals surface area contributed by atoms with Crippen LogP contribution in [0.2, 0.25) is 0 Å². The van der Waals surface area contributed by atoms with Crippen molar-refractivity contribution < 1.29 is 63.6 Å². The monoisotopic (exact) mass is 880 g/mol. The van der Waals surface area contributed by atoms with Gasteiger partial charge in [-0.15, -0.1) is 0 Å². The quantitative estimate of drug-likeness (QED) is 0.0203. The van der Waals surface area contributed by atoms with Crippen LogP contribution < -0.4 is 60.6 Å². The fraction of sp³-hybridized carbons (Fsp3) is 0.568. The zero-order valence-corrected chi connectivity index (χ0v) is 34.5. The molecule has 62 heavy (non-hydrogen) atoms. The number of aliphatic hydroxyl groups is 1. The third kappa shape index (κ3) is 20.1. The molecule has 7 amide bonds. The number of rotatable bonds is 29. The van der Waals surface area contributed by atoms with Gasteiger partial charge in [-0.1, -0.05) is 26.0 Å². The number of primary amides is 1. The number of nitrogens with zero attached hydrogens (tertiary/aromatic N) is 1. The summed E-state index contributed by atoms with van der Waals surface area (Å²) < 4.78 is 0. The smallest absolute Gasteiger partial charge is 0.326 e. The summed E-state index contributed by atoms with van der Waals surface area (Å²) in [7, 11) is 0. The van der Waals surface area contributed by atoms with Gasteiger partial charge in [-0.25, -0.2) is 4.79 Å². The van der Waals surface area contributed by atoms with E-state index in [0.717, 1.165) is 0 Å². The maximum absolute atomic E-state index is 13.6. The summed E-state index contributed by atoms with van der Waals surface area (Å²) >= 11 is 0. The van der Waals surface area contributed by atoms with Gasteiger partial charge in [-0.2, -0.15) is 0 Å². The van der Waals surface area contributed by atoms with Crippen molar-refractivity contribution in [1.82, 2.24) is 31.9 Å². The Balaban J connectivity index is 3.17. The van der Waals surface area contributed by atoms with E-state index >= 15 is 0 Å². The van der Waals surface area contributed by atoms with E-state index < -0.39 is 121 Å². The number of aliphatic carboxylic acids is 2. The van der Waals surface area contributed by atoms with Crippen LogP contribution in [0, 0.1) is 5.92 Å². The normalized spacial score (nSPS) is 14.3. The number of nitrogens with one attached hydrogen (secondary N) is 6. The fourth-order valence-corrected chi connectivity index (χ4v) is 5.64. The molecule has 0 saturated heterocycles. The largest absolute Gasteiger partial charge is 0.508 e. The number of aliphatic imine (C=N–C) groups is 1. The second-order valence-electron chi connectivity index (χ2n) is 14.5. The van der Waals surface area contributed by atoms with Crippen LogP contribution in [0.1, 0.15) is 64.4 Å². The van der Waals surface area contributed by atoms with E-state index in [9.17, 15) is 63.6 Å². The lowest BCUT2D eigenvalue weighted by Gasteiger charge is -2.28. The van der Waals surface area contributed by atoms with Crippen LogP contribution >= 0.6 is 0 Å². The van der Waals surface area contributed by atoms with Gasteiger partial charge in [0.25, 0.3) is 0 Å². The summed E-state index contributed by atoms with van der Waals surface area (Å²) in [6, 6.07) is -5.13. The molecule has 25 heteroatoms. The molecule has 0 saturated carbocycles. The fourth-order valence-electron chi connectivity index (χ4n) is 5.64. The predicted molar refractivity (Wildman–Crippen MR) is 220 cm³/mol. The number of hydrogen-bond acceptors (Lipinski definition) is 14. The van der Waals surface area contributed by atoms with Crippen LogP contribution in [0.4, 0.5) is 0 Å². The Hall–Kier alpha value is -6.60. The lowest BCUT2D eigenvalue weighted by Crippen LogP contribution is -2.61. The minimum atomic E-state index is -1.84. The van der Waals surface area contributed by atoms with Crippen LogP contribution in [0.3, 0.4) is 0 Å². The third-order valence-corrected chi connectivity index (χ3v) is 8.98. The molecule has 25 nitrogen and oxygen atoms in total. The van der Waals surface area contributed by atoms with Gasteiger partial charge in [0.05, 0.1) is 25.5 Å². The van der Waals surface area contributed by atoms with E-state index in [1.807, 2.05) is 0 Å². The average Bonchev–Trinajstić information content (AvgIpc) is 3.18. The van der Waals surface area contributed by atoms with E-state index in [-0.39, 0.29) is 56.9 Å². The molecule has 0 aromatic heterocycles. The molecule has 1 aromatic rings. The zero-order valence-electron chi connectivity index (χ0n) is 34.5.